The number of hydrogen-bond donors (Lipinski definition) is 0. The van der Waals surface area contributed by atoms with Gasteiger partial charge in [0.2, 0.25) is 0 Å². The van der Waals surface area contributed by atoms with E-state index >= 15 is 0 Å². The largest absolute Gasteiger partial charge is 1.00 e. The first kappa shape index (κ1) is 71.2. The summed E-state index contributed by atoms with van der Waals surface area (Å²) in [6.07, 6.45) is -2.33. The van der Waals surface area contributed by atoms with E-state index in [9.17, 15) is 0 Å². The minimum absolute atomic E-state index is 0. The van der Waals surface area contributed by atoms with Crippen molar-refractivity contribution in [2.45, 2.75) is 0 Å². The van der Waals surface area contributed by atoms with Gasteiger partial charge in [-0.2, -0.15) is 0 Å². The topological polar surface area (TPSA) is 221 Å². The van der Waals surface area contributed by atoms with Crippen molar-refractivity contribution in [3.63, 3.8) is 0 Å². The van der Waals surface area contributed by atoms with Crippen molar-refractivity contribution in [1.82, 2.24) is 0 Å². The van der Waals surface area contributed by atoms with Crippen molar-refractivity contribution in [1.29, 1.82) is 0 Å². The molecular weight excluding hydrogens is 218 g/mol. The van der Waals surface area contributed by atoms with Gasteiger partial charge in [-0.15, -0.1) is 0 Å². The first-order chi connectivity index (χ1) is 1.73. The summed E-state index contributed by atoms with van der Waals surface area (Å²) >= 11 is 0. The summed E-state index contributed by atoms with van der Waals surface area (Å²) in [6, 6.07) is 0. The molecule has 0 atom stereocenters. The monoisotopic (exact) mass is 228 g/mol. The smallest absolute Gasteiger partial charge is 0.652 e. The van der Waals surface area contributed by atoms with E-state index in [0.717, 1.165) is 0 Å². The van der Waals surface area contributed by atoms with Crippen LogP contribution in [0.25, 0.3) is 0 Å². The Morgan fingerprint density at radius 1 is 0.727 bits per heavy atom. The Labute approximate surface area is 148 Å². The Morgan fingerprint density at radius 2 is 0.727 bits per heavy atom. The Balaban J connectivity index is -0.00000000214. The van der Waals surface area contributed by atoms with E-state index in [0.29, 0.717) is 0 Å². The van der Waals surface area contributed by atoms with Crippen LogP contribution in [0.3, 0.4) is 0 Å². The Morgan fingerprint density at radius 3 is 0.727 bits per heavy atom. The maximum atomic E-state index is 8.33. The summed E-state index contributed by atoms with van der Waals surface area (Å²) in [5, 5.41) is 16.7. The normalized spacial score (nSPS) is 2.18. The summed E-state index contributed by atoms with van der Waals surface area (Å²) in [5.41, 5.74) is 0. The summed E-state index contributed by atoms with van der Waals surface area (Å²) in [7, 11) is 0. The third-order valence-electron chi connectivity index (χ3n) is 0. The van der Waals surface area contributed by atoms with Crippen LogP contribution in [0, 0.1) is 0 Å². The molecule has 0 spiro atoms. The SMILES string of the molecule is O.O.O.O.O.O=C([O-])[O-].[K+].[K+]. The van der Waals surface area contributed by atoms with Gasteiger partial charge in [-0.1, -0.05) is 0 Å². The summed E-state index contributed by atoms with van der Waals surface area (Å²) in [6.45, 7) is 0. The van der Waals surface area contributed by atoms with Gasteiger partial charge >= 0.3 is 103 Å². The second-order valence-electron chi connectivity index (χ2n) is 0.250. The molecule has 0 aliphatic rings. The van der Waals surface area contributed by atoms with Crippen LogP contribution in [0.4, 0.5) is 4.79 Å². The molecule has 10 N–H and O–H groups in total. The van der Waals surface area contributed by atoms with Crippen LogP contribution in [0.5, 0.6) is 0 Å². The molecule has 8 nitrogen and oxygen atoms in total. The van der Waals surface area contributed by atoms with Crippen LogP contribution in [-0.2, 0) is 0 Å². The standard InChI is InChI=1S/CH2O3.2K.5H2O/c2-1(3)4;;;;;;;/h(H2,2,3,4);;;5*1H2/q;2*+1;;;;;/p-2. The molecule has 0 rings (SSSR count). The van der Waals surface area contributed by atoms with E-state index < -0.39 is 6.16 Å². The van der Waals surface area contributed by atoms with Crippen molar-refractivity contribution >= 4 is 6.16 Å². The van der Waals surface area contributed by atoms with Crippen molar-refractivity contribution in [3.8, 4) is 0 Å². The van der Waals surface area contributed by atoms with Gasteiger partial charge in [-0.05, 0) is 6.16 Å². The van der Waals surface area contributed by atoms with Gasteiger partial charge in [0, 0.05) is 0 Å². The zero-order valence-electron chi connectivity index (χ0n) is 6.22. The van der Waals surface area contributed by atoms with Crippen LogP contribution >= 0.6 is 0 Å². The molecule has 11 heavy (non-hydrogen) atoms. The van der Waals surface area contributed by atoms with E-state index in [1.807, 2.05) is 0 Å². The van der Waals surface area contributed by atoms with Gasteiger partial charge in [-0.3, -0.25) is 0 Å². The van der Waals surface area contributed by atoms with Gasteiger partial charge < -0.3 is 42.4 Å². The van der Waals surface area contributed by atoms with E-state index in [1.165, 1.54) is 0 Å². The Kier molecular flexibility index (Phi) is 360. The quantitative estimate of drug-likeness (QED) is 0.368. The van der Waals surface area contributed by atoms with Crippen molar-refractivity contribution < 1.29 is 145 Å². The molecule has 0 bridgehead atoms. The Hall–Kier alpha value is 2.34. The fourth-order valence-electron chi connectivity index (χ4n) is 0. The van der Waals surface area contributed by atoms with Crippen LogP contribution in [0.2, 0.25) is 0 Å². The number of hydrogen-bond acceptors (Lipinski definition) is 3. The predicted molar refractivity (Wildman–Crippen MR) is 23.5 cm³/mol. The van der Waals surface area contributed by atoms with Crippen LogP contribution in [0.15, 0.2) is 0 Å². The molecule has 0 heterocycles. The van der Waals surface area contributed by atoms with E-state index in [-0.39, 0.29) is 130 Å². The fourth-order valence-corrected chi connectivity index (χ4v) is 0. The van der Waals surface area contributed by atoms with Crippen LogP contribution in [-0.4, -0.2) is 33.5 Å². The maximum Gasteiger partial charge on any atom is 1.00 e. The maximum absolute atomic E-state index is 8.33. The van der Waals surface area contributed by atoms with Gasteiger partial charge in [0.05, 0.1) is 0 Å². The minimum atomic E-state index is -2.33. The third kappa shape index (κ3) is 241. The van der Waals surface area contributed by atoms with Crippen LogP contribution < -0.4 is 113 Å². The zero-order chi connectivity index (χ0) is 3.58. The third-order valence-corrected chi connectivity index (χ3v) is 0. The summed E-state index contributed by atoms with van der Waals surface area (Å²) in [5.74, 6) is 0. The molecule has 0 fully saturated rings. The molecule has 10 heteroatoms. The van der Waals surface area contributed by atoms with Gasteiger partial charge in [0.15, 0.2) is 0 Å². The molecule has 0 aromatic heterocycles. The molecule has 0 saturated carbocycles. The molecule has 0 aromatic carbocycles. The van der Waals surface area contributed by atoms with Gasteiger partial charge in [0.1, 0.15) is 0 Å². The molecule has 64 valence electrons. The second kappa shape index (κ2) is 55.6. The van der Waals surface area contributed by atoms with Crippen LogP contribution in [0.1, 0.15) is 0 Å². The van der Waals surface area contributed by atoms with Gasteiger partial charge in [-0.25, -0.2) is 0 Å². The van der Waals surface area contributed by atoms with Crippen molar-refractivity contribution in [3.05, 3.63) is 0 Å². The number of carbonyl (C=O) groups excluding carboxylic acids is 1. The fraction of sp³-hybridized carbons (Fsp3) is 0. The number of carboxylic acid groups (broad SMARTS) is 2. The molecule has 0 radical (unpaired) electrons. The predicted octanol–water partition coefficient (Wildman–Crippen LogP) is -12.6. The van der Waals surface area contributed by atoms with E-state index in [1.54, 1.807) is 0 Å². The molecule has 0 aliphatic heterocycles. The molecular formula is CH10K2O8. The molecule has 0 amide bonds. The Bertz CT molecular complexity index is 35.1. The van der Waals surface area contributed by atoms with Crippen molar-refractivity contribution in [2.75, 3.05) is 0 Å². The molecule has 0 saturated heterocycles. The number of rotatable bonds is 0. The summed E-state index contributed by atoms with van der Waals surface area (Å²) in [4.78, 5) is 8.33. The van der Waals surface area contributed by atoms with E-state index in [2.05, 4.69) is 0 Å². The van der Waals surface area contributed by atoms with E-state index in [4.69, 9.17) is 15.0 Å². The summed E-state index contributed by atoms with van der Waals surface area (Å²) < 4.78 is 0. The molecule has 0 aliphatic carbocycles. The first-order valence-electron chi connectivity index (χ1n) is 0.612. The average molecular weight is 228 g/mol. The zero-order valence-corrected chi connectivity index (χ0v) is 12.5. The van der Waals surface area contributed by atoms with Crippen molar-refractivity contribution in [2.24, 2.45) is 0 Å². The number of carbonyl (C=O) groups is 1. The molecule has 0 unspecified atom stereocenters. The average Bonchev–Trinajstić information content (AvgIpc) is 0.811. The van der Waals surface area contributed by atoms with Gasteiger partial charge in [0.25, 0.3) is 0 Å². The second-order valence-corrected chi connectivity index (χ2v) is 0.250. The first-order valence-corrected chi connectivity index (χ1v) is 0.612. The minimum Gasteiger partial charge on any atom is -0.652 e. The molecule has 0 aromatic rings.